The van der Waals surface area contributed by atoms with Crippen molar-refractivity contribution >= 4 is 0 Å². The van der Waals surface area contributed by atoms with Gasteiger partial charge in [0.15, 0.2) is 0 Å². The largest absolute Gasteiger partial charge is 0.0613 e. The molecule has 0 aromatic heterocycles. The number of benzene rings is 1. The summed E-state index contributed by atoms with van der Waals surface area (Å²) in [6, 6.07) is 7.69. The summed E-state index contributed by atoms with van der Waals surface area (Å²) < 4.78 is 0. The predicted molar refractivity (Wildman–Crippen MR) is 120 cm³/mol. The lowest BCUT2D eigenvalue weighted by molar-refractivity contribution is -0.205. The first-order chi connectivity index (χ1) is 14.0. The van der Waals surface area contributed by atoms with E-state index in [4.69, 9.17) is 0 Å². The van der Waals surface area contributed by atoms with Crippen LogP contribution in [0.25, 0.3) is 0 Å². The van der Waals surface area contributed by atoms with Crippen molar-refractivity contribution in [3.05, 3.63) is 34.9 Å². The predicted octanol–water partition coefficient (Wildman–Crippen LogP) is 7.61. The zero-order valence-corrected chi connectivity index (χ0v) is 18.8. The highest BCUT2D eigenvalue weighted by molar-refractivity contribution is 5.38. The topological polar surface area (TPSA) is 0 Å². The second kappa shape index (κ2) is 5.72. The summed E-state index contributed by atoms with van der Waals surface area (Å²) in [5, 5.41) is 0. The van der Waals surface area contributed by atoms with Crippen molar-refractivity contribution in [2.24, 2.45) is 40.4 Å². The quantitative estimate of drug-likeness (QED) is 0.500. The number of hydrogen-bond acceptors (Lipinski definition) is 0. The average Bonchev–Trinajstić information content (AvgIpc) is 2.66. The maximum absolute atomic E-state index is 2.66. The van der Waals surface area contributed by atoms with Crippen LogP contribution < -0.4 is 0 Å². The molecule has 0 radical (unpaired) electrons. The highest BCUT2D eigenvalue weighted by Gasteiger charge is 2.67. The van der Waals surface area contributed by atoms with Gasteiger partial charge in [-0.2, -0.15) is 0 Å². The van der Waals surface area contributed by atoms with E-state index in [-0.39, 0.29) is 0 Å². The molecule has 8 aliphatic rings. The summed E-state index contributed by atoms with van der Waals surface area (Å²) in [7, 11) is 0. The molecule has 9 rings (SSSR count). The number of rotatable bonds is 3. The van der Waals surface area contributed by atoms with Crippen molar-refractivity contribution in [2.45, 2.75) is 103 Å². The second-order valence-corrected chi connectivity index (χ2v) is 13.2. The molecule has 2 unspecified atom stereocenters. The first kappa shape index (κ1) is 17.9. The van der Waals surface area contributed by atoms with E-state index in [1.54, 1.807) is 75.3 Å². The lowest BCUT2D eigenvalue weighted by Crippen LogP contribution is -2.63. The van der Waals surface area contributed by atoms with E-state index in [1.807, 2.05) is 0 Å². The Morgan fingerprint density at radius 2 is 1.28 bits per heavy atom. The zero-order chi connectivity index (χ0) is 19.4. The van der Waals surface area contributed by atoms with Crippen molar-refractivity contribution in [2.75, 3.05) is 0 Å². The third kappa shape index (κ3) is 2.33. The molecular weight excluding hydrogens is 348 g/mol. The smallest absolute Gasteiger partial charge is 0.00361 e. The Morgan fingerprint density at radius 1 is 0.724 bits per heavy atom. The minimum absolute atomic E-state index is 0.533. The molecule has 2 atom stereocenters. The summed E-state index contributed by atoms with van der Waals surface area (Å²) in [6.45, 7) is 4.67. The molecule has 0 heterocycles. The Morgan fingerprint density at radius 3 is 1.86 bits per heavy atom. The van der Waals surface area contributed by atoms with Crippen molar-refractivity contribution < 1.29 is 0 Å². The third-order valence-corrected chi connectivity index (χ3v) is 11.6. The van der Waals surface area contributed by atoms with Crippen molar-refractivity contribution in [1.29, 1.82) is 0 Å². The molecule has 0 nitrogen and oxygen atoms in total. The molecule has 0 spiro atoms. The molecule has 8 fully saturated rings. The van der Waals surface area contributed by atoms with Crippen LogP contribution in [0.4, 0.5) is 0 Å². The van der Waals surface area contributed by atoms with E-state index in [2.05, 4.69) is 32.0 Å². The summed E-state index contributed by atoms with van der Waals surface area (Å²) >= 11 is 0. The molecule has 1 aromatic carbocycles. The van der Waals surface area contributed by atoms with Gasteiger partial charge in [-0.25, -0.2) is 0 Å². The van der Waals surface area contributed by atoms with Crippen LogP contribution in [0.15, 0.2) is 18.2 Å². The molecular formula is C29H40. The van der Waals surface area contributed by atoms with Gasteiger partial charge in [0, 0.05) is 0 Å². The van der Waals surface area contributed by atoms with Crippen LogP contribution in [0, 0.1) is 47.3 Å². The van der Waals surface area contributed by atoms with E-state index in [0.29, 0.717) is 10.8 Å². The third-order valence-electron chi connectivity index (χ3n) is 11.6. The minimum Gasteiger partial charge on any atom is -0.0613 e. The van der Waals surface area contributed by atoms with Gasteiger partial charge in [-0.1, -0.05) is 25.1 Å². The minimum atomic E-state index is 0.533. The summed E-state index contributed by atoms with van der Waals surface area (Å²) in [5.74, 6) is 5.40. The Kier molecular flexibility index (Phi) is 3.52. The van der Waals surface area contributed by atoms with Crippen LogP contribution in [0.3, 0.4) is 0 Å². The Balaban J connectivity index is 1.32. The van der Waals surface area contributed by atoms with Gasteiger partial charge in [0.05, 0.1) is 0 Å². The first-order valence-electron chi connectivity index (χ1n) is 13.1. The summed E-state index contributed by atoms with van der Waals surface area (Å²) in [4.78, 5) is 0. The van der Waals surface area contributed by atoms with Crippen LogP contribution in [-0.2, 0) is 11.8 Å². The molecule has 0 N–H and O–H groups in total. The molecule has 8 bridgehead atoms. The van der Waals surface area contributed by atoms with Crippen LogP contribution in [0.1, 0.15) is 101 Å². The lowest BCUT2D eigenvalue weighted by Gasteiger charge is -2.72. The maximum atomic E-state index is 2.66. The normalized spacial score (nSPS) is 51.7. The van der Waals surface area contributed by atoms with E-state index >= 15 is 0 Å². The number of aryl methyl sites for hydroxylation is 2. The second-order valence-electron chi connectivity index (χ2n) is 13.2. The highest BCUT2D eigenvalue weighted by atomic mass is 14.7. The van der Waals surface area contributed by atoms with Gasteiger partial charge < -0.3 is 0 Å². The van der Waals surface area contributed by atoms with Gasteiger partial charge >= 0.3 is 0 Å². The van der Waals surface area contributed by atoms with Crippen LogP contribution in [0.5, 0.6) is 0 Å². The zero-order valence-electron chi connectivity index (χ0n) is 18.8. The monoisotopic (exact) mass is 388 g/mol. The van der Waals surface area contributed by atoms with Crippen LogP contribution >= 0.6 is 0 Å². The van der Waals surface area contributed by atoms with E-state index in [9.17, 15) is 0 Å². The number of hydrogen-bond donors (Lipinski definition) is 0. The first-order valence-corrected chi connectivity index (χ1v) is 13.1. The average molecular weight is 389 g/mol. The molecule has 29 heavy (non-hydrogen) atoms. The van der Waals surface area contributed by atoms with E-state index in [0.717, 1.165) is 35.0 Å². The van der Waals surface area contributed by atoms with Gasteiger partial charge in [0.25, 0.3) is 0 Å². The van der Waals surface area contributed by atoms with Crippen molar-refractivity contribution in [3.63, 3.8) is 0 Å². The fourth-order valence-electron chi connectivity index (χ4n) is 11.4. The van der Waals surface area contributed by atoms with Crippen molar-refractivity contribution in [3.8, 4) is 0 Å². The maximum Gasteiger partial charge on any atom is -0.00361 e. The molecule has 0 aliphatic heterocycles. The van der Waals surface area contributed by atoms with Gasteiger partial charge in [-0.15, -0.1) is 0 Å². The molecule has 8 aliphatic carbocycles. The Labute approximate surface area is 178 Å². The highest BCUT2D eigenvalue weighted by Crippen LogP contribution is 2.77. The molecule has 8 saturated carbocycles. The standard InChI is InChI=1S/C29H40/c1-3-25-10-26(5-4-19(25)2)27-11-23-9-24(12-27)17-29(16-23,18-27)28-13-20-6-21(14-28)8-22(7-20)15-28/h4-5,10,20-24H,3,6-9,11-18H2,1-2H3. The Bertz CT molecular complexity index is 794. The molecule has 0 amide bonds. The van der Waals surface area contributed by atoms with Crippen LogP contribution in [0.2, 0.25) is 0 Å². The van der Waals surface area contributed by atoms with Gasteiger partial charge in [0.1, 0.15) is 0 Å². The van der Waals surface area contributed by atoms with Gasteiger partial charge in [-0.3, -0.25) is 0 Å². The lowest BCUT2D eigenvalue weighted by atomic mass is 9.32. The van der Waals surface area contributed by atoms with Gasteiger partial charge in [-0.05, 0) is 153 Å². The van der Waals surface area contributed by atoms with E-state index < -0.39 is 0 Å². The fraction of sp³-hybridized carbons (Fsp3) is 0.793. The van der Waals surface area contributed by atoms with E-state index in [1.165, 1.54) is 24.8 Å². The molecule has 0 heteroatoms. The molecule has 156 valence electrons. The fourth-order valence-corrected chi connectivity index (χ4v) is 11.4. The summed E-state index contributed by atoms with van der Waals surface area (Å²) in [5.41, 5.74) is 6.88. The van der Waals surface area contributed by atoms with Crippen LogP contribution in [-0.4, -0.2) is 0 Å². The molecule has 1 aromatic rings. The van der Waals surface area contributed by atoms with Gasteiger partial charge in [0.2, 0.25) is 0 Å². The Hall–Kier alpha value is -0.780. The summed E-state index contributed by atoms with van der Waals surface area (Å²) in [6.07, 6.45) is 20.3. The molecule has 0 saturated heterocycles. The SMILES string of the molecule is CCc1cc(C23CC4CC(C2)CC(C25CC6CC(CC(C6)C2)C5)(C4)C3)ccc1C. The van der Waals surface area contributed by atoms with Crippen molar-refractivity contribution in [1.82, 2.24) is 0 Å².